The maximum absolute atomic E-state index is 11.6. The molecule has 0 saturated heterocycles. The fourth-order valence-corrected chi connectivity index (χ4v) is 1.90. The number of nitrogens with one attached hydrogen (secondary N) is 2. The van der Waals surface area contributed by atoms with Gasteiger partial charge in [0.15, 0.2) is 0 Å². The first kappa shape index (κ1) is 13.0. The Bertz CT molecular complexity index is 263. The molecule has 92 valence electrons. The molecule has 0 aromatic heterocycles. The number of hydrogen-bond donors (Lipinski definition) is 2. The molecule has 1 aliphatic carbocycles. The van der Waals surface area contributed by atoms with Gasteiger partial charge in [-0.25, -0.2) is 0 Å². The van der Waals surface area contributed by atoms with Crippen molar-refractivity contribution in [2.75, 3.05) is 0 Å². The molecule has 1 saturated carbocycles. The highest BCUT2D eigenvalue weighted by Crippen LogP contribution is 2.17. The first-order valence-corrected chi connectivity index (χ1v) is 6.01. The van der Waals surface area contributed by atoms with Gasteiger partial charge >= 0.3 is 11.8 Å². The fraction of sp³-hybridized carbons (Fsp3) is 0.833. The van der Waals surface area contributed by atoms with Crippen molar-refractivity contribution in [1.29, 1.82) is 0 Å². The summed E-state index contributed by atoms with van der Waals surface area (Å²) in [5, 5.41) is 5.45. The zero-order chi connectivity index (χ0) is 12.2. The number of amides is 2. The summed E-state index contributed by atoms with van der Waals surface area (Å²) in [6, 6.07) is 0.187. The third-order valence-corrected chi connectivity index (χ3v) is 2.64. The molecule has 0 unspecified atom stereocenters. The Kier molecular flexibility index (Phi) is 4.33. The van der Waals surface area contributed by atoms with Crippen LogP contribution in [0.1, 0.15) is 52.9 Å². The maximum atomic E-state index is 11.6. The summed E-state index contributed by atoms with van der Waals surface area (Å²) in [6.07, 6.45) is 5.52. The summed E-state index contributed by atoms with van der Waals surface area (Å²) in [4.78, 5) is 23.1. The van der Waals surface area contributed by atoms with E-state index >= 15 is 0 Å². The van der Waals surface area contributed by atoms with Gasteiger partial charge in [0.2, 0.25) is 0 Å². The van der Waals surface area contributed by atoms with E-state index in [0.29, 0.717) is 0 Å². The molecule has 0 radical (unpaired) electrons. The summed E-state index contributed by atoms with van der Waals surface area (Å²) in [5.41, 5.74) is -0.360. The zero-order valence-electron chi connectivity index (χ0n) is 10.4. The van der Waals surface area contributed by atoms with Gasteiger partial charge in [-0.1, -0.05) is 19.3 Å². The molecule has 0 heterocycles. The quantitative estimate of drug-likeness (QED) is 0.663. The molecule has 0 aromatic carbocycles. The predicted octanol–water partition coefficient (Wildman–Crippen LogP) is 1.35. The van der Waals surface area contributed by atoms with E-state index in [1.807, 2.05) is 20.8 Å². The summed E-state index contributed by atoms with van der Waals surface area (Å²) in [5.74, 6) is -1.03. The van der Waals surface area contributed by atoms with Crippen molar-refractivity contribution in [3.63, 3.8) is 0 Å². The largest absolute Gasteiger partial charge is 0.345 e. The Morgan fingerprint density at radius 2 is 1.56 bits per heavy atom. The molecule has 0 aliphatic heterocycles. The Balaban J connectivity index is 2.36. The third kappa shape index (κ3) is 4.64. The highest BCUT2D eigenvalue weighted by molar-refractivity contribution is 6.35. The van der Waals surface area contributed by atoms with Crippen LogP contribution in [-0.2, 0) is 9.59 Å². The van der Waals surface area contributed by atoms with Crippen LogP contribution in [0, 0.1) is 0 Å². The molecule has 0 spiro atoms. The molecule has 1 aliphatic rings. The molecule has 1 rings (SSSR count). The molecule has 4 nitrogen and oxygen atoms in total. The number of carbonyl (C=O) groups is 2. The van der Waals surface area contributed by atoms with Gasteiger partial charge in [-0.3, -0.25) is 9.59 Å². The van der Waals surface area contributed by atoms with Gasteiger partial charge in [0, 0.05) is 11.6 Å². The van der Waals surface area contributed by atoms with Crippen LogP contribution in [0.4, 0.5) is 0 Å². The van der Waals surface area contributed by atoms with Crippen molar-refractivity contribution < 1.29 is 9.59 Å². The van der Waals surface area contributed by atoms with E-state index in [-0.39, 0.29) is 11.6 Å². The van der Waals surface area contributed by atoms with Crippen LogP contribution >= 0.6 is 0 Å². The molecule has 0 atom stereocenters. The van der Waals surface area contributed by atoms with E-state index in [2.05, 4.69) is 10.6 Å². The van der Waals surface area contributed by atoms with Crippen LogP contribution in [0.15, 0.2) is 0 Å². The minimum Gasteiger partial charge on any atom is -0.345 e. The Morgan fingerprint density at radius 1 is 1.00 bits per heavy atom. The van der Waals surface area contributed by atoms with Crippen molar-refractivity contribution in [3.8, 4) is 0 Å². The van der Waals surface area contributed by atoms with Crippen molar-refractivity contribution in [1.82, 2.24) is 10.6 Å². The van der Waals surface area contributed by atoms with Crippen LogP contribution in [0.2, 0.25) is 0 Å². The summed E-state index contributed by atoms with van der Waals surface area (Å²) >= 11 is 0. The van der Waals surface area contributed by atoms with Crippen LogP contribution in [0.5, 0.6) is 0 Å². The van der Waals surface area contributed by atoms with E-state index in [4.69, 9.17) is 0 Å². The average Bonchev–Trinajstić information content (AvgIpc) is 2.16. The molecule has 2 amide bonds. The van der Waals surface area contributed by atoms with Gasteiger partial charge < -0.3 is 10.6 Å². The van der Waals surface area contributed by atoms with E-state index in [9.17, 15) is 9.59 Å². The number of carbonyl (C=O) groups excluding carboxylic acids is 2. The normalized spacial score (nSPS) is 17.9. The lowest BCUT2D eigenvalue weighted by atomic mass is 9.95. The first-order valence-electron chi connectivity index (χ1n) is 6.01. The summed E-state index contributed by atoms with van der Waals surface area (Å²) in [7, 11) is 0. The maximum Gasteiger partial charge on any atom is 0.309 e. The molecule has 4 heteroatoms. The van der Waals surface area contributed by atoms with Crippen LogP contribution in [0.25, 0.3) is 0 Å². The van der Waals surface area contributed by atoms with Crippen molar-refractivity contribution in [2.24, 2.45) is 0 Å². The highest BCUT2D eigenvalue weighted by Gasteiger charge is 2.23. The van der Waals surface area contributed by atoms with Crippen LogP contribution in [-0.4, -0.2) is 23.4 Å². The van der Waals surface area contributed by atoms with Gasteiger partial charge in [0.05, 0.1) is 0 Å². The van der Waals surface area contributed by atoms with Gasteiger partial charge in [0.25, 0.3) is 0 Å². The van der Waals surface area contributed by atoms with Crippen molar-refractivity contribution >= 4 is 11.8 Å². The van der Waals surface area contributed by atoms with Crippen molar-refractivity contribution in [3.05, 3.63) is 0 Å². The Labute approximate surface area is 97.2 Å². The molecule has 1 fully saturated rings. The van der Waals surface area contributed by atoms with E-state index in [0.717, 1.165) is 25.7 Å². The second-order valence-corrected chi connectivity index (χ2v) is 5.51. The van der Waals surface area contributed by atoms with Gasteiger partial charge in [-0.15, -0.1) is 0 Å². The average molecular weight is 226 g/mol. The Hall–Kier alpha value is -1.06. The Morgan fingerprint density at radius 3 is 2.06 bits per heavy atom. The zero-order valence-corrected chi connectivity index (χ0v) is 10.4. The van der Waals surface area contributed by atoms with E-state index in [1.165, 1.54) is 6.42 Å². The molecular formula is C12H22N2O2. The van der Waals surface area contributed by atoms with Gasteiger partial charge in [0.1, 0.15) is 0 Å². The minimum absolute atomic E-state index is 0.187. The molecular weight excluding hydrogens is 204 g/mol. The first-order chi connectivity index (χ1) is 7.38. The molecule has 0 bridgehead atoms. The highest BCUT2D eigenvalue weighted by atomic mass is 16.2. The number of rotatable bonds is 1. The third-order valence-electron chi connectivity index (χ3n) is 2.64. The number of hydrogen-bond acceptors (Lipinski definition) is 2. The SMILES string of the molecule is CC(C)(C)NC(=O)C(=O)NC1CCCCC1. The summed E-state index contributed by atoms with van der Waals surface area (Å²) < 4.78 is 0. The smallest absolute Gasteiger partial charge is 0.309 e. The second kappa shape index (κ2) is 5.32. The monoisotopic (exact) mass is 226 g/mol. The lowest BCUT2D eigenvalue weighted by molar-refractivity contribution is -0.140. The predicted molar refractivity (Wildman–Crippen MR) is 62.9 cm³/mol. The molecule has 0 aromatic rings. The molecule has 16 heavy (non-hydrogen) atoms. The minimum atomic E-state index is -0.530. The standard InChI is InChI=1S/C12H22N2O2/c1-12(2,3)14-11(16)10(15)13-9-7-5-4-6-8-9/h9H,4-8H2,1-3H3,(H,13,15)(H,14,16). The van der Waals surface area contributed by atoms with Crippen LogP contribution < -0.4 is 10.6 Å². The van der Waals surface area contributed by atoms with Crippen LogP contribution in [0.3, 0.4) is 0 Å². The summed E-state index contributed by atoms with van der Waals surface area (Å²) in [6.45, 7) is 5.58. The lowest BCUT2D eigenvalue weighted by Crippen LogP contribution is -2.50. The topological polar surface area (TPSA) is 58.2 Å². The van der Waals surface area contributed by atoms with E-state index in [1.54, 1.807) is 0 Å². The van der Waals surface area contributed by atoms with Gasteiger partial charge in [-0.2, -0.15) is 0 Å². The van der Waals surface area contributed by atoms with Crippen molar-refractivity contribution in [2.45, 2.75) is 64.5 Å². The lowest BCUT2D eigenvalue weighted by Gasteiger charge is -2.24. The van der Waals surface area contributed by atoms with Gasteiger partial charge in [-0.05, 0) is 33.6 Å². The molecule has 2 N–H and O–H groups in total. The van der Waals surface area contributed by atoms with E-state index < -0.39 is 11.8 Å². The fourth-order valence-electron chi connectivity index (χ4n) is 1.90. The second-order valence-electron chi connectivity index (χ2n) is 5.51.